The highest BCUT2D eigenvalue weighted by Crippen LogP contribution is 2.07. The van der Waals surface area contributed by atoms with Gasteiger partial charge in [-0.05, 0) is 13.3 Å². The molecular formula is C13H18N6. The van der Waals surface area contributed by atoms with Gasteiger partial charge in [-0.15, -0.1) is 0 Å². The smallest absolute Gasteiger partial charge is 0.147 e. The van der Waals surface area contributed by atoms with Crippen molar-refractivity contribution < 1.29 is 0 Å². The average molecular weight is 258 g/mol. The summed E-state index contributed by atoms with van der Waals surface area (Å²) < 4.78 is 0. The monoisotopic (exact) mass is 258 g/mol. The van der Waals surface area contributed by atoms with E-state index in [1.165, 1.54) is 0 Å². The summed E-state index contributed by atoms with van der Waals surface area (Å²) in [5.41, 5.74) is 1.79. The number of hydrogen-bond donors (Lipinski definition) is 2. The maximum atomic E-state index is 4.41. The third-order valence-electron chi connectivity index (χ3n) is 2.48. The molecule has 0 spiro atoms. The quantitative estimate of drug-likeness (QED) is 0.825. The van der Waals surface area contributed by atoms with Gasteiger partial charge in [-0.3, -0.25) is 15.0 Å². The molecule has 0 aromatic carbocycles. The molecule has 0 saturated carbocycles. The Balaban J connectivity index is 1.93. The van der Waals surface area contributed by atoms with Crippen molar-refractivity contribution in [1.29, 1.82) is 0 Å². The fourth-order valence-corrected chi connectivity index (χ4v) is 1.48. The van der Waals surface area contributed by atoms with Crippen molar-refractivity contribution in [2.45, 2.75) is 26.8 Å². The van der Waals surface area contributed by atoms with Gasteiger partial charge in [-0.1, -0.05) is 6.92 Å². The number of nitrogens with one attached hydrogen (secondary N) is 2. The van der Waals surface area contributed by atoms with Crippen LogP contribution in [0.1, 0.15) is 24.7 Å². The predicted molar refractivity (Wildman–Crippen MR) is 74.9 cm³/mol. The summed E-state index contributed by atoms with van der Waals surface area (Å²) in [7, 11) is 0. The minimum absolute atomic E-state index is 0.583. The first-order valence-corrected chi connectivity index (χ1v) is 6.35. The minimum atomic E-state index is 0.583. The third kappa shape index (κ3) is 4.17. The second kappa shape index (κ2) is 6.63. The van der Waals surface area contributed by atoms with Crippen LogP contribution in [-0.2, 0) is 6.54 Å². The third-order valence-corrected chi connectivity index (χ3v) is 2.48. The van der Waals surface area contributed by atoms with Gasteiger partial charge >= 0.3 is 0 Å². The first-order valence-electron chi connectivity index (χ1n) is 6.35. The van der Waals surface area contributed by atoms with Gasteiger partial charge in [-0.2, -0.15) is 0 Å². The van der Waals surface area contributed by atoms with E-state index in [0.29, 0.717) is 6.54 Å². The molecule has 0 aliphatic heterocycles. The lowest BCUT2D eigenvalue weighted by molar-refractivity contribution is 0.953. The van der Waals surface area contributed by atoms with Crippen LogP contribution in [0.2, 0.25) is 0 Å². The van der Waals surface area contributed by atoms with E-state index >= 15 is 0 Å². The molecular weight excluding hydrogens is 240 g/mol. The molecule has 0 amide bonds. The average Bonchev–Trinajstić information content (AvgIpc) is 2.45. The number of anilines is 2. The maximum Gasteiger partial charge on any atom is 0.147 e. The Morgan fingerprint density at radius 1 is 1.00 bits per heavy atom. The molecule has 0 bridgehead atoms. The van der Waals surface area contributed by atoms with Crippen molar-refractivity contribution in [3.05, 3.63) is 36.2 Å². The van der Waals surface area contributed by atoms with Crippen LogP contribution >= 0.6 is 0 Å². The zero-order chi connectivity index (χ0) is 13.5. The van der Waals surface area contributed by atoms with Crippen LogP contribution in [0.3, 0.4) is 0 Å². The van der Waals surface area contributed by atoms with Gasteiger partial charge < -0.3 is 10.6 Å². The Hall–Kier alpha value is -2.24. The molecule has 2 rings (SSSR count). The van der Waals surface area contributed by atoms with Gasteiger partial charge in [-0.25, -0.2) is 4.98 Å². The van der Waals surface area contributed by atoms with Gasteiger partial charge in [0.25, 0.3) is 0 Å². The summed E-state index contributed by atoms with van der Waals surface area (Å²) in [6.45, 7) is 5.50. The molecule has 0 unspecified atom stereocenters. The minimum Gasteiger partial charge on any atom is -0.369 e. The molecule has 0 atom stereocenters. The molecule has 0 radical (unpaired) electrons. The molecule has 19 heavy (non-hydrogen) atoms. The Morgan fingerprint density at radius 2 is 1.79 bits per heavy atom. The lowest BCUT2D eigenvalue weighted by atomic mass is 10.4. The van der Waals surface area contributed by atoms with Gasteiger partial charge in [0.2, 0.25) is 0 Å². The summed E-state index contributed by atoms with van der Waals surface area (Å²) in [5, 5.41) is 6.38. The van der Waals surface area contributed by atoms with Crippen molar-refractivity contribution in [3.63, 3.8) is 0 Å². The van der Waals surface area contributed by atoms with Gasteiger partial charge in [0.15, 0.2) is 0 Å². The van der Waals surface area contributed by atoms with Crippen molar-refractivity contribution in [2.75, 3.05) is 17.2 Å². The van der Waals surface area contributed by atoms with E-state index in [4.69, 9.17) is 0 Å². The number of nitrogens with zero attached hydrogens (tertiary/aromatic N) is 4. The van der Waals surface area contributed by atoms with Crippen molar-refractivity contribution in [3.8, 4) is 0 Å². The summed E-state index contributed by atoms with van der Waals surface area (Å²) >= 11 is 0. The van der Waals surface area contributed by atoms with Crippen LogP contribution in [0.4, 0.5) is 11.6 Å². The van der Waals surface area contributed by atoms with Crippen LogP contribution in [0.25, 0.3) is 0 Å². The molecule has 2 aromatic rings. The van der Waals surface area contributed by atoms with Crippen LogP contribution in [0.15, 0.2) is 24.8 Å². The molecule has 0 saturated heterocycles. The molecule has 0 fully saturated rings. The number of rotatable bonds is 6. The summed E-state index contributed by atoms with van der Waals surface area (Å²) in [4.78, 5) is 17.0. The maximum absolute atomic E-state index is 4.41. The van der Waals surface area contributed by atoms with E-state index in [1.807, 2.05) is 6.92 Å². The first-order chi connectivity index (χ1) is 9.28. The molecule has 2 N–H and O–H groups in total. The molecule has 2 aromatic heterocycles. The highest BCUT2D eigenvalue weighted by Gasteiger charge is 1.99. The SMILES string of the molecule is CCCNc1cncc(NCc2cnc(C)cn2)n1. The van der Waals surface area contributed by atoms with Gasteiger partial charge in [0.05, 0.1) is 36.5 Å². The zero-order valence-corrected chi connectivity index (χ0v) is 11.2. The van der Waals surface area contributed by atoms with E-state index < -0.39 is 0 Å². The van der Waals surface area contributed by atoms with Crippen molar-refractivity contribution in [2.24, 2.45) is 0 Å². The molecule has 100 valence electrons. The van der Waals surface area contributed by atoms with E-state index in [9.17, 15) is 0 Å². The molecule has 2 heterocycles. The second-order valence-electron chi connectivity index (χ2n) is 4.22. The topological polar surface area (TPSA) is 75.6 Å². The number of aromatic nitrogens is 4. The molecule has 6 heteroatoms. The van der Waals surface area contributed by atoms with Crippen LogP contribution in [-0.4, -0.2) is 26.5 Å². The summed E-state index contributed by atoms with van der Waals surface area (Å²) in [6.07, 6.45) is 7.97. The van der Waals surface area contributed by atoms with E-state index in [0.717, 1.165) is 36.0 Å². The van der Waals surface area contributed by atoms with E-state index in [-0.39, 0.29) is 0 Å². The summed E-state index contributed by atoms with van der Waals surface area (Å²) in [5.74, 6) is 1.50. The Labute approximate surface area is 112 Å². The van der Waals surface area contributed by atoms with E-state index in [2.05, 4.69) is 37.5 Å². The highest BCUT2D eigenvalue weighted by atomic mass is 15.1. The largest absolute Gasteiger partial charge is 0.369 e. The predicted octanol–water partition coefficient (Wildman–Crippen LogP) is 2.01. The number of aryl methyl sites for hydroxylation is 1. The Kier molecular flexibility index (Phi) is 4.60. The molecule has 0 aliphatic rings. The zero-order valence-electron chi connectivity index (χ0n) is 11.2. The lowest BCUT2D eigenvalue weighted by Gasteiger charge is -2.07. The standard InChI is InChI=1S/C13H18N6/c1-3-4-15-12-8-14-9-13(19-12)18-7-11-6-16-10(2)5-17-11/h5-6,8-9H,3-4,7H2,1-2H3,(H2,15,18,19). The number of hydrogen-bond acceptors (Lipinski definition) is 6. The van der Waals surface area contributed by atoms with Gasteiger partial charge in [0.1, 0.15) is 11.6 Å². The highest BCUT2D eigenvalue weighted by molar-refractivity contribution is 5.41. The van der Waals surface area contributed by atoms with Crippen LogP contribution < -0.4 is 10.6 Å². The summed E-state index contributed by atoms with van der Waals surface area (Å²) in [6, 6.07) is 0. The fraction of sp³-hybridized carbons (Fsp3) is 0.385. The first kappa shape index (κ1) is 13.2. The second-order valence-corrected chi connectivity index (χ2v) is 4.22. The Morgan fingerprint density at radius 3 is 2.47 bits per heavy atom. The molecule has 0 aliphatic carbocycles. The lowest BCUT2D eigenvalue weighted by Crippen LogP contribution is -2.07. The van der Waals surface area contributed by atoms with E-state index in [1.54, 1.807) is 24.8 Å². The van der Waals surface area contributed by atoms with Crippen LogP contribution in [0, 0.1) is 6.92 Å². The normalized spacial score (nSPS) is 10.2. The van der Waals surface area contributed by atoms with Gasteiger partial charge in [0, 0.05) is 12.7 Å². The van der Waals surface area contributed by atoms with Crippen LogP contribution in [0.5, 0.6) is 0 Å². The molecule has 6 nitrogen and oxygen atoms in total. The van der Waals surface area contributed by atoms with Crippen molar-refractivity contribution in [1.82, 2.24) is 19.9 Å². The Bertz CT molecular complexity index is 511. The fourth-order valence-electron chi connectivity index (χ4n) is 1.48. The van der Waals surface area contributed by atoms with Crippen molar-refractivity contribution >= 4 is 11.6 Å².